The number of hydrogen-bond acceptors (Lipinski definition) is 4. The van der Waals surface area contributed by atoms with Gasteiger partial charge in [-0.3, -0.25) is 9.97 Å². The number of nitrogens with zero attached hydrogens (tertiary/aromatic N) is 2. The lowest BCUT2D eigenvalue weighted by atomic mass is 10.0. The molecule has 5 nitrogen and oxygen atoms in total. The Balaban J connectivity index is 1.83. The van der Waals surface area contributed by atoms with Crippen LogP contribution in [0.3, 0.4) is 0 Å². The molecule has 27 heavy (non-hydrogen) atoms. The summed E-state index contributed by atoms with van der Waals surface area (Å²) < 4.78 is 6.02. The second-order valence-electron chi connectivity index (χ2n) is 6.21. The number of H-pyrrole nitrogens is 1. The van der Waals surface area contributed by atoms with Crippen LogP contribution in [0.25, 0.3) is 33.4 Å². The van der Waals surface area contributed by atoms with Crippen molar-refractivity contribution in [2.45, 2.75) is 6.92 Å². The Morgan fingerprint density at radius 1 is 1.04 bits per heavy atom. The molecule has 1 aromatic carbocycles. The van der Waals surface area contributed by atoms with Gasteiger partial charge in [-0.1, -0.05) is 37.3 Å². The molecule has 0 saturated heterocycles. The van der Waals surface area contributed by atoms with Gasteiger partial charge in [0.25, 0.3) is 0 Å². The number of aromatic nitrogens is 3. The van der Waals surface area contributed by atoms with E-state index in [2.05, 4.69) is 39.3 Å². The van der Waals surface area contributed by atoms with Crippen molar-refractivity contribution >= 4 is 11.0 Å². The summed E-state index contributed by atoms with van der Waals surface area (Å²) in [5, 5.41) is 3.27. The van der Waals surface area contributed by atoms with Gasteiger partial charge in [-0.15, -0.1) is 0 Å². The zero-order valence-corrected chi connectivity index (χ0v) is 15.3. The summed E-state index contributed by atoms with van der Waals surface area (Å²) >= 11 is 0. The van der Waals surface area contributed by atoms with Gasteiger partial charge in [0.15, 0.2) is 0 Å². The smallest absolute Gasteiger partial charge is 0.146 e. The van der Waals surface area contributed by atoms with Crippen LogP contribution in [0.1, 0.15) is 6.92 Å². The third-order valence-electron chi connectivity index (χ3n) is 4.46. The van der Waals surface area contributed by atoms with Crippen LogP contribution < -0.4 is 10.1 Å². The lowest BCUT2D eigenvalue weighted by Gasteiger charge is -2.12. The summed E-state index contributed by atoms with van der Waals surface area (Å²) in [6.07, 6.45) is 5.39. The zero-order valence-electron chi connectivity index (χ0n) is 15.3. The first-order valence-corrected chi connectivity index (χ1v) is 9.18. The largest absolute Gasteiger partial charge is 0.490 e. The molecule has 3 aromatic heterocycles. The Morgan fingerprint density at radius 3 is 2.78 bits per heavy atom. The molecule has 0 aliphatic rings. The van der Waals surface area contributed by atoms with Crippen LogP contribution in [0.2, 0.25) is 0 Å². The maximum Gasteiger partial charge on any atom is 0.146 e. The van der Waals surface area contributed by atoms with Gasteiger partial charge in [-0.2, -0.15) is 0 Å². The van der Waals surface area contributed by atoms with E-state index in [0.29, 0.717) is 6.61 Å². The quantitative estimate of drug-likeness (QED) is 0.484. The van der Waals surface area contributed by atoms with E-state index in [1.165, 1.54) is 0 Å². The van der Waals surface area contributed by atoms with E-state index in [1.54, 1.807) is 12.4 Å². The lowest BCUT2D eigenvalue weighted by Crippen LogP contribution is -2.20. The number of aromatic amines is 1. The summed E-state index contributed by atoms with van der Waals surface area (Å²) in [7, 11) is 0. The Hall–Kier alpha value is -3.18. The Morgan fingerprint density at radius 2 is 1.93 bits per heavy atom. The van der Waals surface area contributed by atoms with Gasteiger partial charge >= 0.3 is 0 Å². The highest BCUT2D eigenvalue weighted by Crippen LogP contribution is 2.40. The minimum atomic E-state index is 0.589. The monoisotopic (exact) mass is 358 g/mol. The molecule has 3 heterocycles. The van der Waals surface area contributed by atoms with E-state index in [0.717, 1.165) is 52.3 Å². The zero-order chi connectivity index (χ0) is 18.5. The second kappa shape index (κ2) is 8.01. The van der Waals surface area contributed by atoms with Gasteiger partial charge in [0.2, 0.25) is 0 Å². The molecule has 0 aliphatic carbocycles. The van der Waals surface area contributed by atoms with Crippen LogP contribution in [-0.4, -0.2) is 34.6 Å². The Bertz CT molecular complexity index is 1030. The Labute approximate surface area is 158 Å². The van der Waals surface area contributed by atoms with Crippen molar-refractivity contribution in [2.75, 3.05) is 19.7 Å². The SMILES string of the molecule is CCNCCOc1cnccc1-c1[nH]c2cccnc2c1-c1ccccc1. The van der Waals surface area contributed by atoms with Crippen LogP contribution in [-0.2, 0) is 0 Å². The molecule has 0 spiro atoms. The maximum absolute atomic E-state index is 6.02. The van der Waals surface area contributed by atoms with E-state index in [-0.39, 0.29) is 0 Å². The summed E-state index contributed by atoms with van der Waals surface area (Å²) in [5.41, 5.74) is 6.13. The maximum atomic E-state index is 6.02. The summed E-state index contributed by atoms with van der Waals surface area (Å²) in [5.74, 6) is 0.763. The lowest BCUT2D eigenvalue weighted by molar-refractivity contribution is 0.315. The van der Waals surface area contributed by atoms with E-state index in [1.807, 2.05) is 42.6 Å². The second-order valence-corrected chi connectivity index (χ2v) is 6.21. The average Bonchev–Trinajstić information content (AvgIpc) is 3.11. The number of nitrogens with one attached hydrogen (secondary N) is 2. The van der Waals surface area contributed by atoms with Gasteiger partial charge < -0.3 is 15.0 Å². The molecule has 136 valence electrons. The minimum absolute atomic E-state index is 0.589. The van der Waals surface area contributed by atoms with E-state index in [4.69, 9.17) is 4.74 Å². The normalized spacial score (nSPS) is 11.0. The third-order valence-corrected chi connectivity index (χ3v) is 4.46. The fourth-order valence-electron chi connectivity index (χ4n) is 3.22. The van der Waals surface area contributed by atoms with Gasteiger partial charge in [-0.25, -0.2) is 0 Å². The van der Waals surface area contributed by atoms with Crippen molar-refractivity contribution in [1.82, 2.24) is 20.3 Å². The average molecular weight is 358 g/mol. The highest BCUT2D eigenvalue weighted by molar-refractivity contribution is 6.02. The molecule has 2 N–H and O–H groups in total. The number of likely N-dealkylation sites (N-methyl/N-ethyl adjacent to an activating group) is 1. The Kier molecular flexibility index (Phi) is 5.12. The highest BCUT2D eigenvalue weighted by atomic mass is 16.5. The number of fused-ring (bicyclic) bond motifs is 1. The summed E-state index contributed by atoms with van der Waals surface area (Å²) in [4.78, 5) is 12.4. The molecule has 4 rings (SSSR count). The van der Waals surface area contributed by atoms with Crippen molar-refractivity contribution < 1.29 is 4.74 Å². The molecule has 0 aliphatic heterocycles. The van der Waals surface area contributed by atoms with Gasteiger partial charge in [0, 0.05) is 30.1 Å². The van der Waals surface area contributed by atoms with Crippen LogP contribution in [0, 0.1) is 0 Å². The first kappa shape index (κ1) is 17.2. The predicted molar refractivity (Wildman–Crippen MR) is 109 cm³/mol. The number of ether oxygens (including phenoxy) is 1. The van der Waals surface area contributed by atoms with Crippen LogP contribution in [0.4, 0.5) is 0 Å². The number of pyridine rings is 2. The predicted octanol–water partition coefficient (Wildman–Crippen LogP) is 4.28. The molecule has 0 bridgehead atoms. The fourth-order valence-corrected chi connectivity index (χ4v) is 3.22. The van der Waals surface area contributed by atoms with Crippen molar-refractivity contribution in [3.8, 4) is 28.1 Å². The summed E-state index contributed by atoms with van der Waals surface area (Å²) in [6, 6.07) is 16.3. The van der Waals surface area contributed by atoms with Crippen molar-refractivity contribution in [1.29, 1.82) is 0 Å². The first-order chi connectivity index (χ1) is 13.4. The standard InChI is InChI=1S/C22H22N4O/c1-2-23-13-14-27-19-15-24-12-10-17(19)21-20(16-7-4-3-5-8-16)22-18(26-21)9-6-11-25-22/h3-12,15,23,26H,2,13-14H2,1H3. The molecule has 4 aromatic rings. The fraction of sp³-hybridized carbons (Fsp3) is 0.182. The van der Waals surface area contributed by atoms with Gasteiger partial charge in [0.05, 0.1) is 22.9 Å². The number of benzene rings is 1. The topological polar surface area (TPSA) is 62.8 Å². The molecule has 0 unspecified atom stereocenters. The minimum Gasteiger partial charge on any atom is -0.490 e. The summed E-state index contributed by atoms with van der Waals surface area (Å²) in [6.45, 7) is 4.39. The number of hydrogen-bond donors (Lipinski definition) is 2. The van der Waals surface area contributed by atoms with Crippen molar-refractivity contribution in [3.63, 3.8) is 0 Å². The van der Waals surface area contributed by atoms with E-state index < -0.39 is 0 Å². The molecule has 0 radical (unpaired) electrons. The molecule has 0 saturated carbocycles. The van der Waals surface area contributed by atoms with E-state index in [9.17, 15) is 0 Å². The van der Waals surface area contributed by atoms with Crippen LogP contribution in [0.15, 0.2) is 67.1 Å². The molecule has 0 atom stereocenters. The molecular weight excluding hydrogens is 336 g/mol. The highest BCUT2D eigenvalue weighted by Gasteiger charge is 2.18. The van der Waals surface area contributed by atoms with Crippen LogP contribution >= 0.6 is 0 Å². The van der Waals surface area contributed by atoms with Crippen molar-refractivity contribution in [3.05, 3.63) is 67.1 Å². The van der Waals surface area contributed by atoms with Crippen molar-refractivity contribution in [2.24, 2.45) is 0 Å². The first-order valence-electron chi connectivity index (χ1n) is 9.18. The van der Waals surface area contributed by atoms with Crippen LogP contribution in [0.5, 0.6) is 5.75 Å². The van der Waals surface area contributed by atoms with Gasteiger partial charge in [0.1, 0.15) is 12.4 Å². The number of rotatable bonds is 7. The molecular formula is C22H22N4O. The van der Waals surface area contributed by atoms with E-state index >= 15 is 0 Å². The van der Waals surface area contributed by atoms with Gasteiger partial charge in [-0.05, 0) is 30.3 Å². The third kappa shape index (κ3) is 3.55. The molecule has 0 amide bonds. The molecule has 5 heteroatoms. The molecule has 0 fully saturated rings.